The highest BCUT2D eigenvalue weighted by atomic mass is 16.6. The lowest BCUT2D eigenvalue weighted by Gasteiger charge is -2.33. The summed E-state index contributed by atoms with van der Waals surface area (Å²) in [5.41, 5.74) is 0.627. The molecule has 2 N–H and O–H groups in total. The van der Waals surface area contributed by atoms with Crippen molar-refractivity contribution in [2.75, 3.05) is 25.0 Å². The molecule has 1 saturated heterocycles. The van der Waals surface area contributed by atoms with E-state index in [1.807, 2.05) is 0 Å². The lowest BCUT2D eigenvalue weighted by molar-refractivity contribution is -0.402. The maximum Gasteiger partial charge on any atom is 0.433 e. The maximum atomic E-state index is 12.6. The number of rotatable bonds is 8. The van der Waals surface area contributed by atoms with E-state index < -0.39 is 16.7 Å². The second-order valence-electron chi connectivity index (χ2n) is 7.38. The van der Waals surface area contributed by atoms with Crippen molar-refractivity contribution in [1.29, 1.82) is 0 Å². The minimum absolute atomic E-state index is 0.201. The molecule has 2 amide bonds. The number of nitrogens with one attached hydrogen (secondary N) is 2. The molecule has 0 radical (unpaired) electrons. The molecule has 9 heteroatoms. The van der Waals surface area contributed by atoms with Crippen molar-refractivity contribution < 1.29 is 18.9 Å². The van der Waals surface area contributed by atoms with Gasteiger partial charge >= 0.3 is 5.88 Å². The number of furan rings is 1. The number of para-hydroxylation sites is 1. The summed E-state index contributed by atoms with van der Waals surface area (Å²) in [5, 5.41) is 16.2. The number of hydrogen-bond acceptors (Lipinski definition) is 6. The Balaban J connectivity index is 1.55. The number of carbonyl (C=O) groups excluding carboxylic acids is 2. The predicted molar refractivity (Wildman–Crippen MR) is 112 cm³/mol. The van der Waals surface area contributed by atoms with Crippen LogP contribution in [0.4, 0.5) is 11.6 Å². The van der Waals surface area contributed by atoms with Gasteiger partial charge in [-0.25, -0.2) is 0 Å². The van der Waals surface area contributed by atoms with E-state index in [2.05, 4.69) is 22.5 Å². The molecule has 2 heterocycles. The summed E-state index contributed by atoms with van der Waals surface area (Å²) < 4.78 is 4.91. The average molecular weight is 414 g/mol. The van der Waals surface area contributed by atoms with Gasteiger partial charge in [0.05, 0.1) is 17.3 Å². The van der Waals surface area contributed by atoms with Crippen LogP contribution in [0.3, 0.4) is 0 Å². The molecule has 1 aromatic carbocycles. The Hall–Kier alpha value is -3.20. The van der Waals surface area contributed by atoms with Crippen molar-refractivity contribution >= 4 is 23.4 Å². The van der Waals surface area contributed by atoms with Crippen molar-refractivity contribution in [3.8, 4) is 0 Å². The third kappa shape index (κ3) is 5.44. The summed E-state index contributed by atoms with van der Waals surface area (Å²) in [6, 6.07) is 9.52. The molecule has 0 bridgehead atoms. The van der Waals surface area contributed by atoms with E-state index in [-0.39, 0.29) is 11.7 Å². The van der Waals surface area contributed by atoms with Crippen LogP contribution in [0, 0.1) is 10.1 Å². The van der Waals surface area contributed by atoms with Gasteiger partial charge in [-0.3, -0.25) is 19.7 Å². The van der Waals surface area contributed by atoms with Gasteiger partial charge in [-0.05, 0) is 50.9 Å². The Kier molecular flexibility index (Phi) is 7.18. The van der Waals surface area contributed by atoms with Crippen molar-refractivity contribution in [3.05, 3.63) is 57.8 Å². The summed E-state index contributed by atoms with van der Waals surface area (Å²) in [4.78, 5) is 37.4. The lowest BCUT2D eigenvalue weighted by Crippen LogP contribution is -2.39. The maximum absolute atomic E-state index is 12.6. The number of hydrogen-bond donors (Lipinski definition) is 2. The quantitative estimate of drug-likeness (QED) is 0.388. The zero-order valence-corrected chi connectivity index (χ0v) is 16.9. The molecule has 2 aromatic rings. The third-order valence-corrected chi connectivity index (χ3v) is 5.26. The summed E-state index contributed by atoms with van der Waals surface area (Å²) in [5.74, 6) is -1.67. The first kappa shape index (κ1) is 21.5. The van der Waals surface area contributed by atoms with Crippen molar-refractivity contribution in [2.45, 2.75) is 38.6 Å². The fourth-order valence-electron chi connectivity index (χ4n) is 3.59. The monoisotopic (exact) mass is 414 g/mol. The normalized spacial score (nSPS) is 16.8. The number of amides is 2. The van der Waals surface area contributed by atoms with Gasteiger partial charge in [0.1, 0.15) is 4.92 Å². The van der Waals surface area contributed by atoms with Crippen LogP contribution < -0.4 is 10.6 Å². The highest BCUT2D eigenvalue weighted by molar-refractivity contribution is 6.07. The van der Waals surface area contributed by atoms with E-state index in [0.29, 0.717) is 23.8 Å². The number of anilines is 1. The Labute approximate surface area is 174 Å². The van der Waals surface area contributed by atoms with Crippen LogP contribution in [0.15, 0.2) is 40.8 Å². The summed E-state index contributed by atoms with van der Waals surface area (Å²) in [6.07, 6.45) is 4.57. The highest BCUT2D eigenvalue weighted by Crippen LogP contribution is 2.20. The van der Waals surface area contributed by atoms with Gasteiger partial charge in [0.2, 0.25) is 0 Å². The van der Waals surface area contributed by atoms with E-state index in [4.69, 9.17) is 4.42 Å². The number of likely N-dealkylation sites (tertiary alicyclic amines) is 1. The topological polar surface area (TPSA) is 118 Å². The molecule has 3 rings (SSSR count). The molecule has 0 aliphatic carbocycles. The van der Waals surface area contributed by atoms with E-state index in [9.17, 15) is 19.7 Å². The van der Waals surface area contributed by atoms with Crippen LogP contribution in [-0.4, -0.2) is 47.3 Å². The molecule has 0 saturated carbocycles. The summed E-state index contributed by atoms with van der Waals surface area (Å²) in [6.45, 7) is 4.82. The predicted octanol–water partition coefficient (Wildman–Crippen LogP) is 3.43. The largest absolute Gasteiger partial charge is 0.433 e. The van der Waals surface area contributed by atoms with Gasteiger partial charge < -0.3 is 20.0 Å². The molecule has 30 heavy (non-hydrogen) atoms. The van der Waals surface area contributed by atoms with E-state index in [0.717, 1.165) is 25.6 Å². The van der Waals surface area contributed by atoms with Gasteiger partial charge in [-0.15, -0.1) is 0 Å². The minimum atomic E-state index is -0.719. The molecule has 1 aliphatic heterocycles. The zero-order valence-electron chi connectivity index (χ0n) is 16.9. The summed E-state index contributed by atoms with van der Waals surface area (Å²) in [7, 11) is 0. The van der Waals surface area contributed by atoms with Gasteiger partial charge in [-0.1, -0.05) is 18.6 Å². The van der Waals surface area contributed by atoms with Gasteiger partial charge in [0, 0.05) is 19.1 Å². The molecule has 0 spiro atoms. The first-order chi connectivity index (χ1) is 14.5. The van der Waals surface area contributed by atoms with Gasteiger partial charge in [-0.2, -0.15) is 0 Å². The van der Waals surface area contributed by atoms with Crippen LogP contribution in [0.25, 0.3) is 0 Å². The standard InChI is InChI=1S/C21H26N4O5/c1-15-7-4-5-13-24(15)14-6-12-22-20(26)16-8-2-3-9-17(16)23-21(27)18-10-11-19(30-18)25(28)29/h2-3,8-11,15H,4-7,12-14H2,1H3,(H,22,26)(H,23,27)/t15-/m0/s1. The first-order valence-electron chi connectivity index (χ1n) is 10.1. The zero-order chi connectivity index (χ0) is 21.5. The molecular formula is C21H26N4O5. The van der Waals surface area contributed by atoms with Crippen molar-refractivity contribution in [3.63, 3.8) is 0 Å². The highest BCUT2D eigenvalue weighted by Gasteiger charge is 2.20. The fourth-order valence-corrected chi connectivity index (χ4v) is 3.59. The molecule has 1 aromatic heterocycles. The Bertz CT molecular complexity index is 910. The number of nitro groups is 1. The average Bonchev–Trinajstić information content (AvgIpc) is 3.23. The van der Waals surface area contributed by atoms with Crippen LogP contribution >= 0.6 is 0 Å². The number of piperidine rings is 1. The van der Waals surface area contributed by atoms with Crippen LogP contribution in [-0.2, 0) is 0 Å². The number of carbonyl (C=O) groups is 2. The molecule has 160 valence electrons. The van der Waals surface area contributed by atoms with E-state index in [1.165, 1.54) is 25.3 Å². The van der Waals surface area contributed by atoms with Gasteiger partial charge in [0.25, 0.3) is 11.8 Å². The first-order valence-corrected chi connectivity index (χ1v) is 10.1. The fraction of sp³-hybridized carbons (Fsp3) is 0.429. The number of benzene rings is 1. The molecule has 1 atom stereocenters. The Morgan fingerprint density at radius 1 is 1.20 bits per heavy atom. The van der Waals surface area contributed by atoms with Crippen molar-refractivity contribution in [2.24, 2.45) is 0 Å². The molecule has 0 unspecified atom stereocenters. The second kappa shape index (κ2) is 10.0. The Morgan fingerprint density at radius 3 is 2.73 bits per heavy atom. The van der Waals surface area contributed by atoms with Gasteiger partial charge in [0.15, 0.2) is 5.76 Å². The Morgan fingerprint density at radius 2 is 2.00 bits per heavy atom. The van der Waals surface area contributed by atoms with E-state index >= 15 is 0 Å². The minimum Gasteiger partial charge on any atom is -0.395 e. The van der Waals surface area contributed by atoms with Crippen LogP contribution in [0.5, 0.6) is 0 Å². The summed E-state index contributed by atoms with van der Waals surface area (Å²) >= 11 is 0. The third-order valence-electron chi connectivity index (χ3n) is 5.26. The van der Waals surface area contributed by atoms with Crippen molar-refractivity contribution in [1.82, 2.24) is 10.2 Å². The molecule has 1 fully saturated rings. The molecule has 9 nitrogen and oxygen atoms in total. The van der Waals surface area contributed by atoms with E-state index in [1.54, 1.807) is 24.3 Å². The molecule has 1 aliphatic rings. The lowest BCUT2D eigenvalue weighted by atomic mass is 10.0. The number of nitrogens with zero attached hydrogens (tertiary/aromatic N) is 2. The molecular weight excluding hydrogens is 388 g/mol. The van der Waals surface area contributed by atoms with Crippen LogP contribution in [0.2, 0.25) is 0 Å². The van der Waals surface area contributed by atoms with Crippen LogP contribution in [0.1, 0.15) is 53.5 Å². The second-order valence-corrected chi connectivity index (χ2v) is 7.38. The smallest absolute Gasteiger partial charge is 0.395 e. The SMILES string of the molecule is C[C@H]1CCCCN1CCCNC(=O)c1ccccc1NC(=O)c1ccc([N+](=O)[O-])o1.